The first-order chi connectivity index (χ1) is 8.97. The predicted molar refractivity (Wildman–Crippen MR) is 70.2 cm³/mol. The summed E-state index contributed by atoms with van der Waals surface area (Å²) in [6.45, 7) is 2.74. The number of anilines is 1. The number of carbonyl (C=O) groups is 1. The highest BCUT2D eigenvalue weighted by molar-refractivity contribution is 6.33. The summed E-state index contributed by atoms with van der Waals surface area (Å²) in [7, 11) is 0. The van der Waals surface area contributed by atoms with E-state index >= 15 is 0 Å². The van der Waals surface area contributed by atoms with Crippen LogP contribution < -0.4 is 10.6 Å². The zero-order chi connectivity index (χ0) is 14.0. The highest BCUT2D eigenvalue weighted by atomic mass is 35.5. The maximum atomic E-state index is 13.6. The first kappa shape index (κ1) is 14.2. The molecule has 0 saturated carbocycles. The molecule has 0 radical (unpaired) electrons. The largest absolute Gasteiger partial charge is 0.322 e. The lowest BCUT2D eigenvalue weighted by Crippen LogP contribution is -2.40. The molecule has 1 heterocycles. The van der Waals surface area contributed by atoms with Crippen LogP contribution in [0.2, 0.25) is 5.02 Å². The van der Waals surface area contributed by atoms with Crippen molar-refractivity contribution in [3.8, 4) is 0 Å². The summed E-state index contributed by atoms with van der Waals surface area (Å²) < 4.78 is 26.5. The van der Waals surface area contributed by atoms with Crippen LogP contribution in [0.5, 0.6) is 0 Å². The van der Waals surface area contributed by atoms with E-state index in [-0.39, 0.29) is 28.6 Å². The summed E-state index contributed by atoms with van der Waals surface area (Å²) >= 11 is 5.74. The Hall–Kier alpha value is -1.20. The lowest BCUT2D eigenvalue weighted by atomic mass is 9.92. The minimum absolute atomic E-state index is 0.132. The van der Waals surface area contributed by atoms with Crippen molar-refractivity contribution in [2.24, 2.45) is 5.92 Å². The van der Waals surface area contributed by atoms with Gasteiger partial charge in [0, 0.05) is 18.0 Å². The number of carbonyl (C=O) groups excluding carboxylic acids is 1. The van der Waals surface area contributed by atoms with Gasteiger partial charge in [-0.3, -0.25) is 4.79 Å². The number of nitrogens with one attached hydrogen (secondary N) is 2. The second-order valence-corrected chi connectivity index (χ2v) is 5.22. The molecular formula is C13H15ClF2N2O. The molecule has 1 amide bonds. The molecule has 19 heavy (non-hydrogen) atoms. The van der Waals surface area contributed by atoms with E-state index in [4.69, 9.17) is 11.6 Å². The summed E-state index contributed by atoms with van der Waals surface area (Å²) in [6.07, 6.45) is 1.38. The summed E-state index contributed by atoms with van der Waals surface area (Å²) in [5, 5.41) is 5.56. The van der Waals surface area contributed by atoms with Gasteiger partial charge in [-0.2, -0.15) is 0 Å². The third-order valence-electron chi connectivity index (χ3n) is 3.25. The Morgan fingerprint density at radius 3 is 2.84 bits per heavy atom. The molecule has 2 rings (SSSR count). The third-order valence-corrected chi connectivity index (χ3v) is 3.55. The quantitative estimate of drug-likeness (QED) is 0.878. The molecule has 1 aromatic carbocycles. The van der Waals surface area contributed by atoms with E-state index in [9.17, 15) is 13.6 Å². The Morgan fingerprint density at radius 1 is 1.47 bits per heavy atom. The molecule has 2 unspecified atom stereocenters. The molecule has 3 nitrogen and oxygen atoms in total. The highest BCUT2D eigenvalue weighted by Crippen LogP contribution is 2.28. The first-order valence-corrected chi connectivity index (χ1v) is 6.54. The molecule has 0 spiro atoms. The van der Waals surface area contributed by atoms with E-state index in [0.717, 1.165) is 12.6 Å². The predicted octanol–water partition coefficient (Wildman–Crippen LogP) is 2.94. The van der Waals surface area contributed by atoms with E-state index in [1.165, 1.54) is 0 Å². The van der Waals surface area contributed by atoms with Crippen LogP contribution in [0, 0.1) is 17.6 Å². The lowest BCUT2D eigenvalue weighted by molar-refractivity contribution is -0.120. The van der Waals surface area contributed by atoms with Gasteiger partial charge < -0.3 is 10.6 Å². The van der Waals surface area contributed by atoms with Crippen molar-refractivity contribution in [2.45, 2.75) is 25.8 Å². The standard InChI is InChI=1S/C13H15ClF2N2O/c1-7-4-8(2-3-17-7)13(19)18-12-10(14)5-9(15)6-11(12)16/h5-8,17H,2-4H2,1H3,(H,18,19). The molecule has 1 aliphatic heterocycles. The fraction of sp³-hybridized carbons (Fsp3) is 0.462. The van der Waals surface area contributed by atoms with E-state index in [1.54, 1.807) is 0 Å². The van der Waals surface area contributed by atoms with Crippen LogP contribution in [-0.2, 0) is 4.79 Å². The monoisotopic (exact) mass is 288 g/mol. The molecule has 104 valence electrons. The Kier molecular flexibility index (Phi) is 4.37. The molecule has 1 saturated heterocycles. The maximum Gasteiger partial charge on any atom is 0.227 e. The smallest absolute Gasteiger partial charge is 0.227 e. The van der Waals surface area contributed by atoms with Crippen molar-refractivity contribution in [2.75, 3.05) is 11.9 Å². The van der Waals surface area contributed by atoms with E-state index < -0.39 is 11.6 Å². The van der Waals surface area contributed by atoms with E-state index in [1.807, 2.05) is 6.92 Å². The number of hydrogen-bond donors (Lipinski definition) is 2. The van der Waals surface area contributed by atoms with Crippen molar-refractivity contribution in [1.29, 1.82) is 0 Å². The van der Waals surface area contributed by atoms with Gasteiger partial charge >= 0.3 is 0 Å². The second kappa shape index (κ2) is 5.84. The van der Waals surface area contributed by atoms with Crippen LogP contribution in [-0.4, -0.2) is 18.5 Å². The van der Waals surface area contributed by atoms with Crippen LogP contribution in [0.4, 0.5) is 14.5 Å². The van der Waals surface area contributed by atoms with Crippen LogP contribution in [0.25, 0.3) is 0 Å². The van der Waals surface area contributed by atoms with Crippen molar-refractivity contribution < 1.29 is 13.6 Å². The first-order valence-electron chi connectivity index (χ1n) is 6.16. The van der Waals surface area contributed by atoms with Crippen LogP contribution in [0.15, 0.2) is 12.1 Å². The van der Waals surface area contributed by atoms with Gasteiger partial charge in [0.15, 0.2) is 5.82 Å². The molecule has 1 aliphatic rings. The van der Waals surface area contributed by atoms with Gasteiger partial charge in [-0.25, -0.2) is 8.78 Å². The number of halogens is 3. The van der Waals surface area contributed by atoms with Crippen molar-refractivity contribution >= 4 is 23.2 Å². The van der Waals surface area contributed by atoms with Crippen molar-refractivity contribution in [1.82, 2.24) is 5.32 Å². The number of rotatable bonds is 2. The number of hydrogen-bond acceptors (Lipinski definition) is 2. The Bertz CT molecular complexity index is 473. The van der Waals surface area contributed by atoms with Gasteiger partial charge in [0.05, 0.1) is 10.7 Å². The summed E-state index contributed by atoms with van der Waals surface area (Å²) in [4.78, 5) is 12.0. The maximum absolute atomic E-state index is 13.6. The molecule has 0 bridgehead atoms. The van der Waals surface area contributed by atoms with Gasteiger partial charge in [0.2, 0.25) is 5.91 Å². The van der Waals surface area contributed by atoms with E-state index in [2.05, 4.69) is 10.6 Å². The van der Waals surface area contributed by atoms with Crippen LogP contribution in [0.3, 0.4) is 0 Å². The molecule has 1 aromatic rings. The molecular weight excluding hydrogens is 274 g/mol. The average Bonchev–Trinajstić information content (AvgIpc) is 2.33. The third kappa shape index (κ3) is 3.42. The minimum Gasteiger partial charge on any atom is -0.322 e. The zero-order valence-electron chi connectivity index (χ0n) is 10.5. The molecule has 2 N–H and O–H groups in total. The molecule has 0 aliphatic carbocycles. The van der Waals surface area contributed by atoms with Gasteiger partial charge in [0.1, 0.15) is 5.82 Å². The molecule has 1 fully saturated rings. The Balaban J connectivity index is 2.10. The zero-order valence-corrected chi connectivity index (χ0v) is 11.2. The van der Waals surface area contributed by atoms with Gasteiger partial charge in [-0.1, -0.05) is 11.6 Å². The number of piperidine rings is 1. The van der Waals surface area contributed by atoms with E-state index in [0.29, 0.717) is 18.9 Å². The summed E-state index contributed by atoms with van der Waals surface area (Å²) in [5.74, 6) is -2.09. The van der Waals surface area contributed by atoms with Gasteiger partial charge in [-0.05, 0) is 32.4 Å². The SMILES string of the molecule is CC1CC(C(=O)Nc2c(F)cc(F)cc2Cl)CCN1. The van der Waals surface area contributed by atoms with Crippen molar-refractivity contribution in [3.05, 3.63) is 28.8 Å². The summed E-state index contributed by atoms with van der Waals surface area (Å²) in [6, 6.07) is 1.93. The van der Waals surface area contributed by atoms with Crippen LogP contribution >= 0.6 is 11.6 Å². The lowest BCUT2D eigenvalue weighted by Gasteiger charge is -2.27. The minimum atomic E-state index is -0.861. The van der Waals surface area contributed by atoms with Gasteiger partial charge in [0.25, 0.3) is 0 Å². The molecule has 0 aromatic heterocycles. The molecule has 2 atom stereocenters. The number of amides is 1. The second-order valence-electron chi connectivity index (χ2n) is 4.81. The summed E-state index contributed by atoms with van der Waals surface area (Å²) in [5.41, 5.74) is -0.153. The fourth-order valence-corrected chi connectivity index (χ4v) is 2.50. The topological polar surface area (TPSA) is 41.1 Å². The molecule has 6 heteroatoms. The Morgan fingerprint density at radius 2 is 2.21 bits per heavy atom. The van der Waals surface area contributed by atoms with Crippen molar-refractivity contribution in [3.63, 3.8) is 0 Å². The highest BCUT2D eigenvalue weighted by Gasteiger charge is 2.26. The van der Waals surface area contributed by atoms with Gasteiger partial charge in [-0.15, -0.1) is 0 Å². The Labute approximate surface area is 115 Å². The average molecular weight is 289 g/mol. The normalized spacial score (nSPS) is 23.2. The number of benzene rings is 1. The fourth-order valence-electron chi connectivity index (χ4n) is 2.26. The van der Waals surface area contributed by atoms with Crippen LogP contribution in [0.1, 0.15) is 19.8 Å².